The van der Waals surface area contributed by atoms with Crippen molar-refractivity contribution >= 4 is 28.3 Å². The van der Waals surface area contributed by atoms with Crippen LogP contribution in [0.5, 0.6) is 11.5 Å². The van der Waals surface area contributed by atoms with E-state index in [1.165, 1.54) is 0 Å². The number of carbonyl (C=O) groups excluding carboxylic acids is 1. The summed E-state index contributed by atoms with van der Waals surface area (Å²) < 4.78 is 45.5. The minimum Gasteiger partial charge on any atom is -0.496 e. The summed E-state index contributed by atoms with van der Waals surface area (Å²) in [4.78, 5) is 29.1. The number of pyridine rings is 1. The molecule has 4 rings (SSSR count). The second-order valence-electron chi connectivity index (χ2n) is 9.13. The zero-order chi connectivity index (χ0) is 29.7. The summed E-state index contributed by atoms with van der Waals surface area (Å²) in [6, 6.07) is 9.01. The summed E-state index contributed by atoms with van der Waals surface area (Å²) in [5, 5.41) is 13.4. The zero-order valence-electron chi connectivity index (χ0n) is 22.7. The predicted molar refractivity (Wildman–Crippen MR) is 149 cm³/mol. The Labute approximate surface area is 234 Å². The Bertz CT molecular complexity index is 1560. The zero-order valence-corrected chi connectivity index (χ0v) is 22.7. The SMILES string of the molecule is CCOCc1cc(OC)c(-c2ccc(CC(NC(=O)c3c(F)cc(N)cc3F)C(=O)O)c3ccncc23)c(OC)c1. The van der Waals surface area contributed by atoms with Gasteiger partial charge in [0.05, 0.1) is 26.4 Å². The van der Waals surface area contributed by atoms with Gasteiger partial charge >= 0.3 is 5.97 Å². The summed E-state index contributed by atoms with van der Waals surface area (Å²) in [5.74, 6) is -3.90. The third-order valence-electron chi connectivity index (χ3n) is 6.54. The first-order valence-corrected chi connectivity index (χ1v) is 12.6. The van der Waals surface area contributed by atoms with Gasteiger partial charge in [-0.3, -0.25) is 9.78 Å². The van der Waals surface area contributed by atoms with Crippen molar-refractivity contribution in [2.75, 3.05) is 26.6 Å². The van der Waals surface area contributed by atoms with Gasteiger partial charge in [0.15, 0.2) is 0 Å². The normalized spacial score (nSPS) is 11.7. The van der Waals surface area contributed by atoms with Crippen LogP contribution in [0.4, 0.5) is 14.5 Å². The van der Waals surface area contributed by atoms with Crippen LogP contribution in [0.3, 0.4) is 0 Å². The molecule has 1 unspecified atom stereocenters. The fraction of sp³-hybridized carbons (Fsp3) is 0.233. The molecule has 0 fully saturated rings. The highest BCUT2D eigenvalue weighted by atomic mass is 19.1. The number of hydrogen-bond donors (Lipinski definition) is 3. The van der Waals surface area contributed by atoms with E-state index >= 15 is 0 Å². The molecule has 214 valence electrons. The molecule has 1 atom stereocenters. The molecule has 4 aromatic rings. The van der Waals surface area contributed by atoms with Crippen molar-refractivity contribution in [3.63, 3.8) is 0 Å². The first-order valence-electron chi connectivity index (χ1n) is 12.6. The van der Waals surface area contributed by atoms with Gasteiger partial charge in [-0.15, -0.1) is 0 Å². The Hall–Kier alpha value is -4.77. The number of aromatic nitrogens is 1. The molecule has 0 aliphatic carbocycles. The number of carboxylic acids is 1. The number of carboxylic acid groups (broad SMARTS) is 1. The molecule has 0 bridgehead atoms. The number of nitrogens with zero attached hydrogens (tertiary/aromatic N) is 1. The number of hydrogen-bond acceptors (Lipinski definition) is 7. The number of halogens is 2. The van der Waals surface area contributed by atoms with Crippen LogP contribution in [0.15, 0.2) is 54.9 Å². The summed E-state index contributed by atoms with van der Waals surface area (Å²) in [5.41, 5.74) is 7.10. The van der Waals surface area contributed by atoms with Gasteiger partial charge < -0.3 is 30.4 Å². The molecule has 1 amide bonds. The highest BCUT2D eigenvalue weighted by Gasteiger charge is 2.27. The van der Waals surface area contributed by atoms with E-state index in [0.29, 0.717) is 46.6 Å². The van der Waals surface area contributed by atoms with Crippen LogP contribution in [0, 0.1) is 11.6 Å². The summed E-state index contributed by atoms with van der Waals surface area (Å²) in [6.07, 6.45) is 3.01. The number of amides is 1. The Morgan fingerprint density at radius 3 is 2.27 bits per heavy atom. The minimum absolute atomic E-state index is 0.179. The van der Waals surface area contributed by atoms with Crippen LogP contribution in [-0.4, -0.2) is 48.8 Å². The van der Waals surface area contributed by atoms with E-state index < -0.39 is 35.1 Å². The van der Waals surface area contributed by atoms with Gasteiger partial charge in [-0.2, -0.15) is 0 Å². The van der Waals surface area contributed by atoms with Gasteiger partial charge in [0.1, 0.15) is 34.7 Å². The molecule has 0 aliphatic heterocycles. The molecule has 3 aromatic carbocycles. The largest absolute Gasteiger partial charge is 0.496 e. The van der Waals surface area contributed by atoms with E-state index in [1.54, 1.807) is 44.8 Å². The van der Waals surface area contributed by atoms with Crippen molar-refractivity contribution < 1.29 is 37.7 Å². The summed E-state index contributed by atoms with van der Waals surface area (Å²) in [6.45, 7) is 2.82. The molecule has 11 heteroatoms. The smallest absolute Gasteiger partial charge is 0.326 e. The van der Waals surface area contributed by atoms with Gasteiger partial charge in [-0.25, -0.2) is 13.6 Å². The molecule has 0 saturated heterocycles. The number of aliphatic carboxylic acids is 1. The van der Waals surface area contributed by atoms with Gasteiger partial charge in [-0.1, -0.05) is 12.1 Å². The molecule has 4 N–H and O–H groups in total. The predicted octanol–water partition coefficient (Wildman–Crippen LogP) is 4.74. The maximum Gasteiger partial charge on any atom is 0.326 e. The monoisotopic (exact) mass is 565 g/mol. The number of ether oxygens (including phenoxy) is 3. The van der Waals surface area contributed by atoms with E-state index in [2.05, 4.69) is 10.3 Å². The quantitative estimate of drug-likeness (QED) is 0.222. The fourth-order valence-corrected chi connectivity index (χ4v) is 4.64. The standard InChI is InChI=1S/C30H29F2N3O6/c1-4-41-15-16-9-25(39-2)27(26(10-16)40-3)20-6-5-17(19-7-8-34-14-21(19)20)11-24(30(37)38)35-29(36)28-22(31)12-18(33)13-23(28)32/h5-10,12-14,24H,4,11,15,33H2,1-3H3,(H,35,36)(H,37,38). The molecule has 1 aromatic heterocycles. The van der Waals surface area contributed by atoms with E-state index in [9.17, 15) is 23.5 Å². The van der Waals surface area contributed by atoms with Crippen LogP contribution in [0.2, 0.25) is 0 Å². The van der Waals surface area contributed by atoms with Gasteiger partial charge in [-0.05, 0) is 59.3 Å². The number of anilines is 1. The van der Waals surface area contributed by atoms with Crippen molar-refractivity contribution in [3.05, 3.63) is 83.2 Å². The van der Waals surface area contributed by atoms with Crippen LogP contribution >= 0.6 is 0 Å². The van der Waals surface area contributed by atoms with Crippen LogP contribution in [0.1, 0.15) is 28.4 Å². The van der Waals surface area contributed by atoms with Crippen molar-refractivity contribution in [1.29, 1.82) is 0 Å². The highest BCUT2D eigenvalue weighted by Crippen LogP contribution is 2.43. The van der Waals surface area contributed by atoms with Gasteiger partial charge in [0, 0.05) is 36.5 Å². The average Bonchev–Trinajstić information content (AvgIpc) is 2.94. The highest BCUT2D eigenvalue weighted by molar-refractivity contribution is 6.01. The van der Waals surface area contributed by atoms with Crippen LogP contribution in [0.25, 0.3) is 21.9 Å². The molecular formula is C30H29F2N3O6. The Balaban J connectivity index is 1.74. The molecule has 1 heterocycles. The average molecular weight is 566 g/mol. The summed E-state index contributed by atoms with van der Waals surface area (Å²) in [7, 11) is 3.09. The van der Waals surface area contributed by atoms with E-state index in [1.807, 2.05) is 19.1 Å². The lowest BCUT2D eigenvalue weighted by molar-refractivity contribution is -0.139. The topological polar surface area (TPSA) is 133 Å². The third kappa shape index (κ3) is 6.20. The third-order valence-corrected chi connectivity index (χ3v) is 6.54. The number of benzene rings is 3. The second-order valence-corrected chi connectivity index (χ2v) is 9.13. The van der Waals surface area contributed by atoms with Crippen molar-refractivity contribution in [1.82, 2.24) is 10.3 Å². The van der Waals surface area contributed by atoms with E-state index in [0.717, 1.165) is 23.3 Å². The number of nitrogen functional groups attached to an aromatic ring is 1. The Morgan fingerprint density at radius 1 is 1.02 bits per heavy atom. The number of fused-ring (bicyclic) bond motifs is 1. The van der Waals surface area contributed by atoms with Crippen LogP contribution < -0.4 is 20.5 Å². The first kappa shape index (κ1) is 29.2. The number of nitrogens with one attached hydrogen (secondary N) is 1. The molecular weight excluding hydrogens is 536 g/mol. The Morgan fingerprint density at radius 2 is 1.68 bits per heavy atom. The molecule has 0 aliphatic rings. The molecule has 0 radical (unpaired) electrons. The number of methoxy groups -OCH3 is 2. The first-order chi connectivity index (χ1) is 19.7. The van der Waals surface area contributed by atoms with E-state index in [4.69, 9.17) is 19.9 Å². The maximum atomic E-state index is 14.3. The van der Waals surface area contributed by atoms with Crippen molar-refractivity contribution in [2.45, 2.75) is 26.0 Å². The number of rotatable bonds is 11. The molecule has 41 heavy (non-hydrogen) atoms. The van der Waals surface area contributed by atoms with Gasteiger partial charge in [0.2, 0.25) is 0 Å². The maximum absolute atomic E-state index is 14.3. The number of nitrogens with two attached hydrogens (primary N) is 1. The minimum atomic E-state index is -1.50. The molecule has 9 nitrogen and oxygen atoms in total. The van der Waals surface area contributed by atoms with E-state index in [-0.39, 0.29) is 12.1 Å². The lowest BCUT2D eigenvalue weighted by Gasteiger charge is -2.20. The second kappa shape index (κ2) is 12.6. The lowest BCUT2D eigenvalue weighted by Crippen LogP contribution is -2.43. The van der Waals surface area contributed by atoms with Gasteiger partial charge in [0.25, 0.3) is 5.91 Å². The van der Waals surface area contributed by atoms with Crippen molar-refractivity contribution in [3.8, 4) is 22.6 Å². The summed E-state index contributed by atoms with van der Waals surface area (Å²) >= 11 is 0. The molecule has 0 saturated carbocycles. The van der Waals surface area contributed by atoms with Crippen LogP contribution in [-0.2, 0) is 22.6 Å². The molecule has 0 spiro atoms. The van der Waals surface area contributed by atoms with Crippen molar-refractivity contribution in [2.24, 2.45) is 0 Å². The fourth-order valence-electron chi connectivity index (χ4n) is 4.64. The lowest BCUT2D eigenvalue weighted by atomic mass is 9.92. The Kier molecular flexibility index (Phi) is 8.98. The number of carbonyl (C=O) groups is 2.